The zero-order valence-electron chi connectivity index (χ0n) is 12.2. The number of nitrogens with one attached hydrogen (secondary N) is 1. The molecule has 0 spiro atoms. The molecule has 0 fully saturated rings. The smallest absolute Gasteiger partial charge is 0.127 e. The molecule has 0 aliphatic heterocycles. The van der Waals surface area contributed by atoms with E-state index in [0.29, 0.717) is 0 Å². The zero-order valence-corrected chi connectivity index (χ0v) is 13.1. The SMILES string of the molecule is CC(S)(c1ccc2ccccc2c1)c1nc2ccccc2[nH]1. The molecular formula is C19H16N2S. The number of imidazole rings is 1. The average molecular weight is 304 g/mol. The van der Waals surface area contributed by atoms with Crippen molar-refractivity contribution in [2.45, 2.75) is 11.7 Å². The van der Waals surface area contributed by atoms with E-state index >= 15 is 0 Å². The number of hydrogen-bond acceptors (Lipinski definition) is 2. The van der Waals surface area contributed by atoms with Gasteiger partial charge in [-0.25, -0.2) is 4.98 Å². The molecule has 0 bridgehead atoms. The number of thiol groups is 1. The summed E-state index contributed by atoms with van der Waals surface area (Å²) in [5.74, 6) is 0.868. The van der Waals surface area contributed by atoms with Crippen LogP contribution >= 0.6 is 12.6 Å². The minimum absolute atomic E-state index is 0.469. The topological polar surface area (TPSA) is 28.7 Å². The molecule has 1 unspecified atom stereocenters. The number of aromatic amines is 1. The van der Waals surface area contributed by atoms with Crippen LogP contribution in [0.1, 0.15) is 18.3 Å². The van der Waals surface area contributed by atoms with Crippen LogP contribution in [0.25, 0.3) is 21.8 Å². The first-order valence-corrected chi connectivity index (χ1v) is 7.76. The highest BCUT2D eigenvalue weighted by atomic mass is 32.1. The molecule has 108 valence electrons. The summed E-state index contributed by atoms with van der Waals surface area (Å²) in [7, 11) is 0. The molecule has 1 aromatic heterocycles. The largest absolute Gasteiger partial charge is 0.341 e. The van der Waals surface area contributed by atoms with Crippen molar-refractivity contribution in [2.75, 3.05) is 0 Å². The zero-order chi connectivity index (χ0) is 15.2. The van der Waals surface area contributed by atoms with Crippen molar-refractivity contribution in [2.24, 2.45) is 0 Å². The van der Waals surface area contributed by atoms with E-state index in [1.165, 1.54) is 10.8 Å². The third-order valence-electron chi connectivity index (χ3n) is 4.16. The Bertz CT molecular complexity index is 936. The Morgan fingerprint density at radius 2 is 1.64 bits per heavy atom. The molecule has 1 atom stereocenters. The van der Waals surface area contributed by atoms with Gasteiger partial charge in [0, 0.05) is 0 Å². The van der Waals surface area contributed by atoms with E-state index in [9.17, 15) is 0 Å². The van der Waals surface area contributed by atoms with Crippen LogP contribution in [0.4, 0.5) is 0 Å². The average Bonchev–Trinajstić information content (AvgIpc) is 2.99. The lowest BCUT2D eigenvalue weighted by Crippen LogP contribution is -2.17. The van der Waals surface area contributed by atoms with Crippen LogP contribution in [-0.2, 0) is 4.75 Å². The van der Waals surface area contributed by atoms with Gasteiger partial charge in [-0.2, -0.15) is 12.6 Å². The van der Waals surface area contributed by atoms with Crippen LogP contribution in [0.2, 0.25) is 0 Å². The van der Waals surface area contributed by atoms with E-state index in [2.05, 4.69) is 54.4 Å². The molecule has 3 heteroatoms. The van der Waals surface area contributed by atoms with E-state index in [4.69, 9.17) is 17.6 Å². The van der Waals surface area contributed by atoms with Crippen LogP contribution in [-0.4, -0.2) is 9.97 Å². The number of hydrogen-bond donors (Lipinski definition) is 2. The second-order valence-corrected chi connectivity index (χ2v) is 6.63. The van der Waals surface area contributed by atoms with Crippen molar-refractivity contribution in [1.29, 1.82) is 0 Å². The first-order chi connectivity index (χ1) is 10.6. The van der Waals surface area contributed by atoms with Crippen LogP contribution in [0.5, 0.6) is 0 Å². The summed E-state index contributed by atoms with van der Waals surface area (Å²) in [6, 6.07) is 22.9. The summed E-state index contributed by atoms with van der Waals surface area (Å²) >= 11 is 4.91. The van der Waals surface area contributed by atoms with Crippen molar-refractivity contribution in [1.82, 2.24) is 9.97 Å². The van der Waals surface area contributed by atoms with Gasteiger partial charge in [0.2, 0.25) is 0 Å². The van der Waals surface area contributed by atoms with Gasteiger partial charge in [-0.3, -0.25) is 0 Å². The van der Waals surface area contributed by atoms with Crippen molar-refractivity contribution in [3.8, 4) is 0 Å². The minimum atomic E-state index is -0.469. The molecule has 4 aromatic rings. The fourth-order valence-corrected chi connectivity index (χ4v) is 3.06. The maximum Gasteiger partial charge on any atom is 0.127 e. The van der Waals surface area contributed by atoms with Crippen LogP contribution in [0, 0.1) is 0 Å². The number of nitrogens with zero attached hydrogens (tertiary/aromatic N) is 1. The number of aromatic nitrogens is 2. The van der Waals surface area contributed by atoms with Gasteiger partial charge in [-0.15, -0.1) is 0 Å². The number of rotatable bonds is 2. The molecule has 1 heterocycles. The molecule has 0 saturated carbocycles. The maximum absolute atomic E-state index is 4.91. The molecule has 3 aromatic carbocycles. The second-order valence-electron chi connectivity index (χ2n) is 5.74. The third-order valence-corrected chi connectivity index (χ3v) is 4.63. The second kappa shape index (κ2) is 4.89. The summed E-state index contributed by atoms with van der Waals surface area (Å²) in [5.41, 5.74) is 3.14. The number of fused-ring (bicyclic) bond motifs is 2. The van der Waals surface area contributed by atoms with Crippen LogP contribution in [0.3, 0.4) is 0 Å². The van der Waals surface area contributed by atoms with Gasteiger partial charge >= 0.3 is 0 Å². The number of H-pyrrole nitrogens is 1. The Hall–Kier alpha value is -2.26. The fourth-order valence-electron chi connectivity index (χ4n) is 2.81. The van der Waals surface area contributed by atoms with Crippen LogP contribution < -0.4 is 0 Å². The highest BCUT2D eigenvalue weighted by Gasteiger charge is 2.28. The highest BCUT2D eigenvalue weighted by Crippen LogP contribution is 2.36. The van der Waals surface area contributed by atoms with E-state index in [-0.39, 0.29) is 0 Å². The first kappa shape index (κ1) is 13.4. The van der Waals surface area contributed by atoms with Gasteiger partial charge < -0.3 is 4.98 Å². The molecule has 2 nitrogen and oxygen atoms in total. The van der Waals surface area contributed by atoms with Crippen LogP contribution in [0.15, 0.2) is 66.7 Å². The summed E-state index contributed by atoms with van der Waals surface area (Å²) in [6.45, 7) is 2.08. The lowest BCUT2D eigenvalue weighted by Gasteiger charge is -2.22. The predicted molar refractivity (Wildman–Crippen MR) is 95.5 cm³/mol. The Labute approximate surface area is 134 Å². The molecule has 0 radical (unpaired) electrons. The van der Waals surface area contributed by atoms with E-state index < -0.39 is 4.75 Å². The van der Waals surface area contributed by atoms with Gasteiger partial charge in [0.25, 0.3) is 0 Å². The van der Waals surface area contributed by atoms with Crippen molar-refractivity contribution in [3.05, 3.63) is 78.1 Å². The van der Waals surface area contributed by atoms with Gasteiger partial charge in [-0.1, -0.05) is 48.5 Å². The van der Waals surface area contributed by atoms with Gasteiger partial charge in [-0.05, 0) is 41.5 Å². The quantitative estimate of drug-likeness (QED) is 0.506. The molecular weight excluding hydrogens is 288 g/mol. The Morgan fingerprint density at radius 1 is 0.909 bits per heavy atom. The van der Waals surface area contributed by atoms with E-state index in [1.807, 2.05) is 24.3 Å². The molecule has 22 heavy (non-hydrogen) atoms. The van der Waals surface area contributed by atoms with E-state index in [1.54, 1.807) is 0 Å². The maximum atomic E-state index is 4.91. The minimum Gasteiger partial charge on any atom is -0.341 e. The lowest BCUT2D eigenvalue weighted by atomic mass is 9.96. The van der Waals surface area contributed by atoms with Crippen molar-refractivity contribution >= 4 is 34.4 Å². The number of para-hydroxylation sites is 2. The molecule has 1 N–H and O–H groups in total. The van der Waals surface area contributed by atoms with Gasteiger partial charge in [0.15, 0.2) is 0 Å². The monoisotopic (exact) mass is 304 g/mol. The standard InChI is InChI=1S/C19H16N2S/c1-19(22,18-20-16-8-4-5-9-17(16)21-18)15-11-10-13-6-2-3-7-14(13)12-15/h2-12,22H,1H3,(H,20,21). The molecule has 0 amide bonds. The first-order valence-electron chi connectivity index (χ1n) is 7.31. The molecule has 0 saturated heterocycles. The fraction of sp³-hybridized carbons (Fsp3) is 0.105. The molecule has 0 aliphatic carbocycles. The molecule has 0 aliphatic rings. The lowest BCUT2D eigenvalue weighted by molar-refractivity contribution is 0.783. The summed E-state index contributed by atoms with van der Waals surface area (Å²) in [4.78, 5) is 8.10. The third kappa shape index (κ3) is 2.09. The number of benzene rings is 3. The predicted octanol–water partition coefficient (Wildman–Crippen LogP) is 4.91. The Kier molecular flexibility index (Phi) is 2.98. The Morgan fingerprint density at radius 3 is 2.45 bits per heavy atom. The van der Waals surface area contributed by atoms with Crippen molar-refractivity contribution < 1.29 is 0 Å². The van der Waals surface area contributed by atoms with Gasteiger partial charge in [0.05, 0.1) is 15.8 Å². The Balaban J connectivity index is 1.86. The summed E-state index contributed by atoms with van der Waals surface area (Å²) in [6.07, 6.45) is 0. The van der Waals surface area contributed by atoms with Gasteiger partial charge in [0.1, 0.15) is 5.82 Å². The van der Waals surface area contributed by atoms with Crippen molar-refractivity contribution in [3.63, 3.8) is 0 Å². The summed E-state index contributed by atoms with van der Waals surface area (Å²) < 4.78 is -0.469. The van der Waals surface area contributed by atoms with E-state index in [0.717, 1.165) is 22.4 Å². The normalized spacial score (nSPS) is 14.3. The summed E-state index contributed by atoms with van der Waals surface area (Å²) in [5, 5.41) is 2.45. The molecule has 4 rings (SSSR count). The highest BCUT2D eigenvalue weighted by molar-refractivity contribution is 7.81.